The molecule has 28 heavy (non-hydrogen) atoms. The lowest BCUT2D eigenvalue weighted by atomic mass is 9.73. The van der Waals surface area contributed by atoms with E-state index in [1.54, 1.807) is 0 Å². The van der Waals surface area contributed by atoms with Gasteiger partial charge in [-0.1, -0.05) is 24.3 Å². The van der Waals surface area contributed by atoms with E-state index in [0.717, 1.165) is 48.5 Å². The van der Waals surface area contributed by atoms with Crippen molar-refractivity contribution >= 4 is 11.8 Å². The number of nitrogen functional groups attached to an aromatic ring is 1. The molecule has 5 aliphatic rings. The quantitative estimate of drug-likeness (QED) is 0.847. The Morgan fingerprint density at radius 1 is 1.11 bits per heavy atom. The van der Waals surface area contributed by atoms with Gasteiger partial charge in [0, 0.05) is 41.7 Å². The van der Waals surface area contributed by atoms with Crippen LogP contribution in [0.3, 0.4) is 0 Å². The van der Waals surface area contributed by atoms with Gasteiger partial charge in [-0.05, 0) is 55.9 Å². The number of rotatable bonds is 2. The van der Waals surface area contributed by atoms with E-state index in [4.69, 9.17) is 15.7 Å². The second-order valence-corrected chi connectivity index (χ2v) is 9.82. The Balaban J connectivity index is 1.30. The summed E-state index contributed by atoms with van der Waals surface area (Å²) in [6, 6.07) is 9.22. The first-order valence-electron chi connectivity index (χ1n) is 11.0. The molecule has 2 saturated carbocycles. The Morgan fingerprint density at radius 2 is 2.04 bits per heavy atom. The summed E-state index contributed by atoms with van der Waals surface area (Å²) in [5.41, 5.74) is 11.7. The van der Waals surface area contributed by atoms with Crippen molar-refractivity contribution < 1.29 is 0 Å². The van der Waals surface area contributed by atoms with Gasteiger partial charge in [0.15, 0.2) is 0 Å². The Kier molecular flexibility index (Phi) is 2.96. The molecule has 5 atom stereocenters. The third kappa shape index (κ3) is 1.91. The average molecular weight is 374 g/mol. The maximum atomic E-state index is 6.21. The zero-order valence-electron chi connectivity index (χ0n) is 16.2. The molecule has 4 fully saturated rings. The van der Waals surface area contributed by atoms with Gasteiger partial charge < -0.3 is 11.1 Å². The molecule has 1 aromatic heterocycles. The minimum absolute atomic E-state index is 0.397. The molecule has 3 aliphatic carbocycles. The topological polar surface area (TPSA) is 67.1 Å². The standard InChI is InChI=1S/C23H27N5/c24-22-26-20-16-6-2-1-4-14(16)5-3-7-17(20)21(27-22)25-19-15-8-13-9-23(10-15)18(19)12-28(23)11-13/h1-2,4,6,13,15,18-19H,3,5,7-12H2,(H3,24,25,26,27). The van der Waals surface area contributed by atoms with Crippen molar-refractivity contribution in [2.45, 2.75) is 50.1 Å². The van der Waals surface area contributed by atoms with Crippen LogP contribution in [-0.2, 0) is 12.8 Å². The van der Waals surface area contributed by atoms with Crippen molar-refractivity contribution in [3.63, 3.8) is 0 Å². The molecule has 5 heteroatoms. The zero-order chi connectivity index (χ0) is 18.5. The highest BCUT2D eigenvalue weighted by atomic mass is 15.3. The van der Waals surface area contributed by atoms with Gasteiger partial charge in [0.05, 0.1) is 5.69 Å². The molecule has 5 unspecified atom stereocenters. The van der Waals surface area contributed by atoms with Gasteiger partial charge in [-0.15, -0.1) is 0 Å². The van der Waals surface area contributed by atoms with Crippen LogP contribution in [0.5, 0.6) is 0 Å². The summed E-state index contributed by atoms with van der Waals surface area (Å²) in [4.78, 5) is 12.2. The monoisotopic (exact) mass is 373 g/mol. The average Bonchev–Trinajstić information content (AvgIpc) is 2.89. The minimum atomic E-state index is 0.397. The molecule has 2 saturated heterocycles. The van der Waals surface area contributed by atoms with Crippen LogP contribution < -0.4 is 11.1 Å². The third-order valence-corrected chi connectivity index (χ3v) is 8.52. The fraction of sp³-hybridized carbons (Fsp3) is 0.565. The van der Waals surface area contributed by atoms with Crippen LogP contribution in [0.2, 0.25) is 0 Å². The van der Waals surface area contributed by atoms with Crippen LogP contribution in [0.15, 0.2) is 24.3 Å². The molecule has 2 aromatic rings. The lowest BCUT2D eigenvalue weighted by Gasteiger charge is -2.53. The van der Waals surface area contributed by atoms with E-state index < -0.39 is 0 Å². The molecule has 2 aliphatic heterocycles. The van der Waals surface area contributed by atoms with Gasteiger partial charge in [-0.25, -0.2) is 4.98 Å². The maximum Gasteiger partial charge on any atom is 0.222 e. The number of anilines is 2. The predicted octanol–water partition coefficient (Wildman–Crippen LogP) is 3.11. The van der Waals surface area contributed by atoms with Crippen LogP contribution in [0.4, 0.5) is 11.8 Å². The zero-order valence-corrected chi connectivity index (χ0v) is 16.2. The largest absolute Gasteiger partial charge is 0.368 e. The SMILES string of the molecule is Nc1nc(NC2C3CC4CN5CC2C5(C4)C3)c2c(n1)-c1ccccc1CCC2. The highest BCUT2D eigenvalue weighted by molar-refractivity contribution is 5.73. The molecule has 144 valence electrons. The number of hydrogen-bond acceptors (Lipinski definition) is 5. The van der Waals surface area contributed by atoms with Gasteiger partial charge >= 0.3 is 0 Å². The molecule has 7 rings (SSSR count). The number of nitrogens with zero attached hydrogens (tertiary/aromatic N) is 3. The Labute approximate surface area is 165 Å². The van der Waals surface area contributed by atoms with Crippen LogP contribution in [0.25, 0.3) is 11.3 Å². The highest BCUT2D eigenvalue weighted by Crippen LogP contribution is 2.64. The third-order valence-electron chi connectivity index (χ3n) is 8.52. The van der Waals surface area contributed by atoms with Crippen LogP contribution in [-0.4, -0.2) is 39.5 Å². The number of hydrogen-bond donors (Lipinski definition) is 2. The summed E-state index contributed by atoms with van der Waals surface area (Å²) < 4.78 is 0. The van der Waals surface area contributed by atoms with Crippen molar-refractivity contribution in [3.05, 3.63) is 35.4 Å². The van der Waals surface area contributed by atoms with E-state index in [2.05, 4.69) is 34.5 Å². The smallest absolute Gasteiger partial charge is 0.222 e. The number of nitrogens with one attached hydrogen (secondary N) is 1. The van der Waals surface area contributed by atoms with Gasteiger partial charge in [0.1, 0.15) is 5.82 Å². The van der Waals surface area contributed by atoms with Gasteiger partial charge in [0.2, 0.25) is 5.95 Å². The molecule has 0 radical (unpaired) electrons. The fourth-order valence-corrected chi connectivity index (χ4v) is 7.54. The minimum Gasteiger partial charge on any atom is -0.368 e. The molecule has 3 bridgehead atoms. The molecule has 5 nitrogen and oxygen atoms in total. The van der Waals surface area contributed by atoms with E-state index in [0.29, 0.717) is 17.5 Å². The Morgan fingerprint density at radius 3 is 3.00 bits per heavy atom. The summed E-state index contributed by atoms with van der Waals surface area (Å²) >= 11 is 0. The van der Waals surface area contributed by atoms with Crippen molar-refractivity contribution in [1.29, 1.82) is 0 Å². The van der Waals surface area contributed by atoms with Crippen LogP contribution in [0.1, 0.15) is 36.8 Å². The number of aryl methyl sites for hydroxylation is 1. The number of aromatic nitrogens is 2. The molecular formula is C23H27N5. The first kappa shape index (κ1) is 15.7. The molecule has 1 spiro atoms. The summed E-state index contributed by atoms with van der Waals surface area (Å²) in [5.74, 6) is 3.92. The van der Waals surface area contributed by atoms with Crippen LogP contribution in [0, 0.1) is 17.8 Å². The highest BCUT2D eigenvalue weighted by Gasteiger charge is 2.69. The van der Waals surface area contributed by atoms with Crippen molar-refractivity contribution in [3.8, 4) is 11.3 Å². The summed E-state index contributed by atoms with van der Waals surface area (Å²) in [6.45, 7) is 2.63. The van der Waals surface area contributed by atoms with Gasteiger partial charge in [0.25, 0.3) is 0 Å². The van der Waals surface area contributed by atoms with E-state index in [1.165, 1.54) is 49.0 Å². The molecule has 0 amide bonds. The normalized spacial score (nSPS) is 37.0. The molecule has 1 aromatic carbocycles. The lowest BCUT2D eigenvalue weighted by Crippen LogP contribution is -2.63. The molecule has 3 heterocycles. The van der Waals surface area contributed by atoms with E-state index >= 15 is 0 Å². The first-order chi connectivity index (χ1) is 13.7. The van der Waals surface area contributed by atoms with Crippen molar-refractivity contribution in [2.75, 3.05) is 24.1 Å². The Hall–Kier alpha value is -2.14. The number of nitrogens with two attached hydrogens (primary N) is 1. The van der Waals surface area contributed by atoms with Gasteiger partial charge in [-0.3, -0.25) is 4.90 Å². The fourth-order valence-electron chi connectivity index (χ4n) is 7.54. The van der Waals surface area contributed by atoms with Crippen molar-refractivity contribution in [1.82, 2.24) is 14.9 Å². The van der Waals surface area contributed by atoms with E-state index in [-0.39, 0.29) is 0 Å². The number of benzene rings is 1. The van der Waals surface area contributed by atoms with Crippen LogP contribution >= 0.6 is 0 Å². The summed E-state index contributed by atoms with van der Waals surface area (Å²) in [7, 11) is 0. The summed E-state index contributed by atoms with van der Waals surface area (Å²) in [6.07, 6.45) is 7.47. The van der Waals surface area contributed by atoms with E-state index in [1.807, 2.05) is 0 Å². The number of fused-ring (bicyclic) bond motifs is 5. The second kappa shape index (κ2) is 5.26. The lowest BCUT2D eigenvalue weighted by molar-refractivity contribution is -0.0270. The summed E-state index contributed by atoms with van der Waals surface area (Å²) in [5, 5.41) is 3.95. The predicted molar refractivity (Wildman–Crippen MR) is 110 cm³/mol. The van der Waals surface area contributed by atoms with Gasteiger partial charge in [-0.2, -0.15) is 4.98 Å². The molecular weight excluding hydrogens is 346 g/mol. The first-order valence-corrected chi connectivity index (χ1v) is 11.0. The van der Waals surface area contributed by atoms with E-state index in [9.17, 15) is 0 Å². The second-order valence-electron chi connectivity index (χ2n) is 9.82. The maximum absolute atomic E-state index is 6.21. The molecule has 3 N–H and O–H groups in total. The Bertz CT molecular complexity index is 987. The van der Waals surface area contributed by atoms with Crippen molar-refractivity contribution in [2.24, 2.45) is 17.8 Å².